The quantitative estimate of drug-likeness (QED) is 0.831. The van der Waals surface area contributed by atoms with Gasteiger partial charge in [0.2, 0.25) is 10.0 Å². The second-order valence-electron chi connectivity index (χ2n) is 4.20. The fourth-order valence-corrected chi connectivity index (χ4v) is 2.81. The third kappa shape index (κ3) is 3.80. The van der Waals surface area contributed by atoms with Crippen molar-refractivity contribution in [2.24, 2.45) is 5.73 Å². The number of hydrogen-bond acceptors (Lipinski definition) is 3. The molecule has 0 heterocycles. The van der Waals surface area contributed by atoms with Crippen LogP contribution in [0.15, 0.2) is 30.3 Å². The fraction of sp³-hybridized carbons (Fsp3) is 0.500. The molecule has 5 heteroatoms. The number of hydrogen-bond donors (Lipinski definition) is 1. The van der Waals surface area contributed by atoms with Gasteiger partial charge in [0.25, 0.3) is 0 Å². The highest BCUT2D eigenvalue weighted by atomic mass is 32.2. The second-order valence-corrected chi connectivity index (χ2v) is 6.69. The minimum Gasteiger partial charge on any atom is -0.329 e. The summed E-state index contributed by atoms with van der Waals surface area (Å²) in [6.07, 6.45) is 0. The van der Waals surface area contributed by atoms with E-state index in [1.165, 1.54) is 4.31 Å². The van der Waals surface area contributed by atoms with Crippen molar-refractivity contribution in [1.29, 1.82) is 0 Å². The van der Waals surface area contributed by atoms with Crippen molar-refractivity contribution in [2.75, 3.05) is 13.1 Å². The number of sulfonamides is 1. The van der Waals surface area contributed by atoms with Crippen LogP contribution in [0.5, 0.6) is 0 Å². The minimum absolute atomic E-state index is 0.332. The molecule has 0 aliphatic rings. The van der Waals surface area contributed by atoms with Crippen molar-refractivity contribution < 1.29 is 8.42 Å². The van der Waals surface area contributed by atoms with Gasteiger partial charge in [-0.05, 0) is 19.4 Å². The molecule has 2 N–H and O–H groups in total. The number of benzene rings is 1. The summed E-state index contributed by atoms with van der Waals surface area (Å²) in [5.74, 6) is 0. The summed E-state index contributed by atoms with van der Waals surface area (Å²) in [6.45, 7) is 4.44. The summed E-state index contributed by atoms with van der Waals surface area (Å²) in [4.78, 5) is 0. The first-order valence-corrected chi connectivity index (χ1v) is 7.21. The molecule has 0 amide bonds. The van der Waals surface area contributed by atoms with Gasteiger partial charge in [0.1, 0.15) is 0 Å². The molecule has 0 bridgehead atoms. The van der Waals surface area contributed by atoms with Crippen molar-refractivity contribution in [3.8, 4) is 0 Å². The summed E-state index contributed by atoms with van der Waals surface area (Å²) in [5.41, 5.74) is 6.45. The van der Waals surface area contributed by atoms with E-state index in [-0.39, 0.29) is 0 Å². The molecule has 1 aromatic rings. The van der Waals surface area contributed by atoms with Gasteiger partial charge in [-0.2, -0.15) is 4.31 Å². The SMILES string of the molecule is CC(C)S(=O)(=O)N(CCN)Cc1ccccc1. The Labute approximate surface area is 103 Å². The van der Waals surface area contributed by atoms with E-state index in [2.05, 4.69) is 0 Å². The number of rotatable bonds is 6. The summed E-state index contributed by atoms with van der Waals surface area (Å²) in [7, 11) is -3.25. The Hall–Kier alpha value is -0.910. The Kier molecular flexibility index (Phi) is 5.11. The maximum atomic E-state index is 12.1. The van der Waals surface area contributed by atoms with Crippen LogP contribution in [0.25, 0.3) is 0 Å². The lowest BCUT2D eigenvalue weighted by atomic mass is 10.2. The first-order chi connectivity index (χ1) is 7.98. The summed E-state index contributed by atoms with van der Waals surface area (Å²) >= 11 is 0. The van der Waals surface area contributed by atoms with Gasteiger partial charge in [-0.25, -0.2) is 8.42 Å². The molecule has 0 saturated heterocycles. The maximum Gasteiger partial charge on any atom is 0.216 e. The maximum absolute atomic E-state index is 12.1. The van der Waals surface area contributed by atoms with E-state index in [1.807, 2.05) is 30.3 Å². The van der Waals surface area contributed by atoms with Gasteiger partial charge in [0.15, 0.2) is 0 Å². The zero-order valence-corrected chi connectivity index (χ0v) is 11.2. The summed E-state index contributed by atoms with van der Waals surface area (Å²) in [6, 6.07) is 9.54. The summed E-state index contributed by atoms with van der Waals surface area (Å²) in [5, 5.41) is -0.419. The van der Waals surface area contributed by atoms with Crippen molar-refractivity contribution in [3.05, 3.63) is 35.9 Å². The second kappa shape index (κ2) is 6.14. The largest absolute Gasteiger partial charge is 0.329 e. The highest BCUT2D eigenvalue weighted by molar-refractivity contribution is 7.89. The zero-order chi connectivity index (χ0) is 12.9. The molecule has 96 valence electrons. The predicted octanol–water partition coefficient (Wildman–Crippen LogP) is 1.19. The molecule has 0 saturated carbocycles. The average Bonchev–Trinajstić information content (AvgIpc) is 2.29. The number of nitrogens with zero attached hydrogens (tertiary/aromatic N) is 1. The van der Waals surface area contributed by atoms with E-state index in [9.17, 15) is 8.42 Å². The van der Waals surface area contributed by atoms with Gasteiger partial charge in [-0.3, -0.25) is 0 Å². The Morgan fingerprint density at radius 2 is 1.82 bits per heavy atom. The normalized spacial score (nSPS) is 12.3. The number of nitrogens with two attached hydrogens (primary N) is 1. The molecule has 1 rings (SSSR count). The van der Waals surface area contributed by atoms with E-state index >= 15 is 0 Å². The van der Waals surface area contributed by atoms with Crippen molar-refractivity contribution in [1.82, 2.24) is 4.31 Å². The first kappa shape index (κ1) is 14.2. The van der Waals surface area contributed by atoms with Crippen molar-refractivity contribution in [2.45, 2.75) is 25.6 Å². The Bertz CT molecular complexity index is 429. The van der Waals surface area contributed by atoms with E-state index < -0.39 is 15.3 Å². The monoisotopic (exact) mass is 256 g/mol. The molecule has 0 aliphatic heterocycles. The molecule has 4 nitrogen and oxygen atoms in total. The van der Waals surface area contributed by atoms with Gasteiger partial charge in [0, 0.05) is 19.6 Å². The van der Waals surface area contributed by atoms with Crippen LogP contribution in [0.2, 0.25) is 0 Å². The third-order valence-corrected chi connectivity index (χ3v) is 4.76. The van der Waals surface area contributed by atoms with E-state index in [1.54, 1.807) is 13.8 Å². The van der Waals surface area contributed by atoms with Crippen LogP contribution < -0.4 is 5.73 Å². The molecule has 0 atom stereocenters. The Balaban J connectivity index is 2.88. The van der Waals surface area contributed by atoms with Gasteiger partial charge in [0.05, 0.1) is 5.25 Å². The van der Waals surface area contributed by atoms with Crippen LogP contribution in [-0.4, -0.2) is 31.1 Å². The minimum atomic E-state index is -3.25. The van der Waals surface area contributed by atoms with Gasteiger partial charge >= 0.3 is 0 Å². The molecule has 0 radical (unpaired) electrons. The van der Waals surface area contributed by atoms with Crippen molar-refractivity contribution >= 4 is 10.0 Å². The molecule has 17 heavy (non-hydrogen) atoms. The standard InChI is InChI=1S/C12H20N2O2S/c1-11(2)17(15,16)14(9-8-13)10-12-6-4-3-5-7-12/h3-7,11H,8-10,13H2,1-2H3. The van der Waals surface area contributed by atoms with Crippen LogP contribution in [0.3, 0.4) is 0 Å². The van der Waals surface area contributed by atoms with E-state index in [0.717, 1.165) is 5.56 Å². The van der Waals surface area contributed by atoms with Crippen LogP contribution in [0, 0.1) is 0 Å². The van der Waals surface area contributed by atoms with Crippen molar-refractivity contribution in [3.63, 3.8) is 0 Å². The molecule has 0 aliphatic carbocycles. The van der Waals surface area contributed by atoms with Gasteiger partial charge in [-0.15, -0.1) is 0 Å². The van der Waals surface area contributed by atoms with Gasteiger partial charge < -0.3 is 5.73 Å². The lowest BCUT2D eigenvalue weighted by Gasteiger charge is -2.23. The van der Waals surface area contributed by atoms with Crippen LogP contribution in [0.1, 0.15) is 19.4 Å². The zero-order valence-electron chi connectivity index (χ0n) is 10.3. The predicted molar refractivity (Wildman–Crippen MR) is 70.0 cm³/mol. The Morgan fingerprint density at radius 3 is 2.29 bits per heavy atom. The molecule has 0 spiro atoms. The Morgan fingerprint density at radius 1 is 1.24 bits per heavy atom. The van der Waals surface area contributed by atoms with Crippen LogP contribution in [0.4, 0.5) is 0 Å². The smallest absolute Gasteiger partial charge is 0.216 e. The average molecular weight is 256 g/mol. The molecule has 0 fully saturated rings. The molecule has 0 unspecified atom stereocenters. The molecular formula is C12H20N2O2S. The van der Waals surface area contributed by atoms with Crippen LogP contribution >= 0.6 is 0 Å². The lowest BCUT2D eigenvalue weighted by molar-refractivity contribution is 0.409. The highest BCUT2D eigenvalue weighted by Crippen LogP contribution is 2.12. The van der Waals surface area contributed by atoms with E-state index in [0.29, 0.717) is 19.6 Å². The molecular weight excluding hydrogens is 236 g/mol. The first-order valence-electron chi connectivity index (χ1n) is 5.71. The third-order valence-electron chi connectivity index (χ3n) is 2.54. The van der Waals surface area contributed by atoms with Crippen LogP contribution in [-0.2, 0) is 16.6 Å². The lowest BCUT2D eigenvalue weighted by Crippen LogP contribution is -2.39. The summed E-state index contributed by atoms with van der Waals surface area (Å²) < 4.78 is 25.6. The fourth-order valence-electron chi connectivity index (χ4n) is 1.53. The molecule has 0 aromatic heterocycles. The topological polar surface area (TPSA) is 63.4 Å². The highest BCUT2D eigenvalue weighted by Gasteiger charge is 2.24. The molecule has 1 aromatic carbocycles. The van der Waals surface area contributed by atoms with E-state index in [4.69, 9.17) is 5.73 Å². The van der Waals surface area contributed by atoms with Gasteiger partial charge in [-0.1, -0.05) is 30.3 Å².